The molecule has 0 atom stereocenters. The molecule has 1 saturated heterocycles. The fraction of sp³-hybridized carbons (Fsp3) is 0.0714. The van der Waals surface area contributed by atoms with E-state index < -0.39 is 16.9 Å². The van der Waals surface area contributed by atoms with E-state index in [0.717, 1.165) is 5.01 Å². The molecule has 1 aromatic heterocycles. The number of nitro groups is 1. The molecule has 9 nitrogen and oxygen atoms in total. The molecule has 10 heteroatoms. The van der Waals surface area contributed by atoms with E-state index in [-0.39, 0.29) is 41.8 Å². The molecule has 0 radical (unpaired) electrons. The van der Waals surface area contributed by atoms with E-state index in [1.165, 1.54) is 18.3 Å². The molecule has 1 aromatic carbocycles. The van der Waals surface area contributed by atoms with Gasteiger partial charge in [0.1, 0.15) is 18.1 Å². The summed E-state index contributed by atoms with van der Waals surface area (Å²) >= 11 is 0. The standard InChI is InChI=1S/C14H10N4O5.Na.H/c19-13-8-17(14(20)16-13)15-7-11-5-6-12(23-11)9-1-3-10(4-2-9)18(21)22;;/h1-7H,8H2,(H,16,19,20);;. The van der Waals surface area contributed by atoms with Gasteiger partial charge in [-0.1, -0.05) is 0 Å². The van der Waals surface area contributed by atoms with E-state index in [0.29, 0.717) is 17.1 Å². The molecule has 0 bridgehead atoms. The molecule has 1 aliphatic rings. The van der Waals surface area contributed by atoms with Crippen LogP contribution in [0.3, 0.4) is 0 Å². The number of benzene rings is 1. The SMILES string of the molecule is O=C1CN(N=Cc2ccc(-c3ccc([N+](=O)[O-])cc3)o2)C(=O)N1.[NaH]. The molecule has 24 heavy (non-hydrogen) atoms. The second kappa shape index (κ2) is 7.39. The average Bonchev–Trinajstić information content (AvgIpc) is 3.11. The number of amides is 3. The van der Waals surface area contributed by atoms with E-state index in [1.807, 2.05) is 0 Å². The van der Waals surface area contributed by atoms with Crippen LogP contribution in [0.25, 0.3) is 11.3 Å². The molecule has 1 fully saturated rings. The maximum absolute atomic E-state index is 11.3. The van der Waals surface area contributed by atoms with Crippen molar-refractivity contribution in [3.8, 4) is 11.3 Å². The minimum atomic E-state index is -0.589. The van der Waals surface area contributed by atoms with Crippen molar-refractivity contribution in [1.29, 1.82) is 0 Å². The fourth-order valence-electron chi connectivity index (χ4n) is 1.98. The van der Waals surface area contributed by atoms with Gasteiger partial charge in [0.05, 0.1) is 11.1 Å². The van der Waals surface area contributed by atoms with Crippen LogP contribution in [-0.2, 0) is 4.79 Å². The Morgan fingerprint density at radius 3 is 2.50 bits per heavy atom. The molecule has 0 unspecified atom stereocenters. The van der Waals surface area contributed by atoms with Crippen molar-refractivity contribution < 1.29 is 18.9 Å². The van der Waals surface area contributed by atoms with Crippen LogP contribution in [0.15, 0.2) is 45.9 Å². The van der Waals surface area contributed by atoms with Gasteiger partial charge in [-0.25, -0.2) is 9.80 Å². The van der Waals surface area contributed by atoms with Gasteiger partial charge in [-0.05, 0) is 24.3 Å². The van der Waals surface area contributed by atoms with Gasteiger partial charge in [-0.15, -0.1) is 0 Å². The average molecular weight is 338 g/mol. The number of furan rings is 1. The Kier molecular flexibility index (Phi) is 5.50. The first-order valence-corrected chi connectivity index (χ1v) is 6.53. The molecular weight excluding hydrogens is 327 g/mol. The second-order valence-corrected chi connectivity index (χ2v) is 4.66. The van der Waals surface area contributed by atoms with Gasteiger partial charge in [-0.2, -0.15) is 5.10 Å². The third kappa shape index (κ3) is 3.88. The van der Waals surface area contributed by atoms with Gasteiger partial charge in [0.25, 0.3) is 5.69 Å². The third-order valence-electron chi connectivity index (χ3n) is 3.09. The van der Waals surface area contributed by atoms with Crippen molar-refractivity contribution in [2.45, 2.75) is 0 Å². The summed E-state index contributed by atoms with van der Waals surface area (Å²) in [5.74, 6) is 0.465. The number of imide groups is 1. The molecule has 2 aromatic rings. The Bertz CT molecular complexity index is 815. The number of nitrogens with zero attached hydrogens (tertiary/aromatic N) is 3. The van der Waals surface area contributed by atoms with Gasteiger partial charge in [-0.3, -0.25) is 20.2 Å². The van der Waals surface area contributed by atoms with Crippen LogP contribution >= 0.6 is 0 Å². The third-order valence-corrected chi connectivity index (χ3v) is 3.09. The Balaban J connectivity index is 0.00000208. The molecule has 0 spiro atoms. The van der Waals surface area contributed by atoms with E-state index in [4.69, 9.17) is 4.42 Å². The zero-order valence-electron chi connectivity index (χ0n) is 11.6. The number of hydrogen-bond acceptors (Lipinski definition) is 6. The van der Waals surface area contributed by atoms with Crippen LogP contribution in [0.1, 0.15) is 5.76 Å². The number of nitro benzene ring substituents is 1. The van der Waals surface area contributed by atoms with Gasteiger partial charge in [0.2, 0.25) is 5.91 Å². The van der Waals surface area contributed by atoms with Crippen molar-refractivity contribution in [3.63, 3.8) is 0 Å². The number of hydrogen-bond donors (Lipinski definition) is 1. The summed E-state index contributed by atoms with van der Waals surface area (Å²) in [6.45, 7) is -0.134. The predicted molar refractivity (Wildman–Crippen MR) is 85.8 cm³/mol. The number of nitrogens with one attached hydrogen (secondary N) is 1. The number of non-ortho nitro benzene ring substituents is 1. The molecule has 0 aliphatic carbocycles. The number of urea groups is 1. The number of carbonyl (C=O) groups excluding carboxylic acids is 2. The number of hydrazone groups is 1. The summed E-state index contributed by atoms with van der Waals surface area (Å²) in [6, 6.07) is 8.63. The van der Waals surface area contributed by atoms with E-state index in [2.05, 4.69) is 10.4 Å². The summed E-state index contributed by atoms with van der Waals surface area (Å²) in [4.78, 5) is 32.5. The van der Waals surface area contributed by atoms with Crippen LogP contribution in [0.5, 0.6) is 0 Å². The quantitative estimate of drug-likeness (QED) is 0.294. The van der Waals surface area contributed by atoms with Crippen molar-refractivity contribution in [1.82, 2.24) is 10.3 Å². The van der Waals surface area contributed by atoms with Gasteiger partial charge >= 0.3 is 35.6 Å². The summed E-state index contributed by atoms with van der Waals surface area (Å²) < 4.78 is 5.53. The summed E-state index contributed by atoms with van der Waals surface area (Å²) in [7, 11) is 0. The molecule has 0 saturated carbocycles. The molecule has 3 amide bonds. The second-order valence-electron chi connectivity index (χ2n) is 4.66. The first kappa shape index (κ1) is 17.9. The fourth-order valence-corrected chi connectivity index (χ4v) is 1.98. The van der Waals surface area contributed by atoms with Crippen LogP contribution in [0.4, 0.5) is 10.5 Å². The Hall–Kier alpha value is -2.49. The van der Waals surface area contributed by atoms with Crippen LogP contribution < -0.4 is 5.32 Å². The summed E-state index contributed by atoms with van der Waals surface area (Å²) in [5, 5.41) is 17.6. The van der Waals surface area contributed by atoms with E-state index >= 15 is 0 Å². The zero-order valence-corrected chi connectivity index (χ0v) is 11.6. The predicted octanol–water partition coefficient (Wildman–Crippen LogP) is 1.09. The van der Waals surface area contributed by atoms with Gasteiger partial charge in [0, 0.05) is 17.7 Å². The van der Waals surface area contributed by atoms with Gasteiger partial charge < -0.3 is 4.42 Å². The Morgan fingerprint density at radius 2 is 1.92 bits per heavy atom. The topological polar surface area (TPSA) is 118 Å². The van der Waals surface area contributed by atoms with Crippen molar-refractivity contribution in [3.05, 3.63) is 52.3 Å². The first-order chi connectivity index (χ1) is 11.0. The van der Waals surface area contributed by atoms with E-state index in [9.17, 15) is 19.7 Å². The van der Waals surface area contributed by atoms with Crippen LogP contribution in [0, 0.1) is 10.1 Å². The Labute approximate surface area is 157 Å². The Morgan fingerprint density at radius 1 is 1.21 bits per heavy atom. The van der Waals surface area contributed by atoms with Crippen molar-refractivity contribution in [2.75, 3.05) is 6.54 Å². The monoisotopic (exact) mass is 338 g/mol. The molecule has 2 heterocycles. The van der Waals surface area contributed by atoms with Gasteiger partial charge in [0.15, 0.2) is 0 Å². The van der Waals surface area contributed by atoms with Crippen molar-refractivity contribution in [2.24, 2.45) is 5.10 Å². The number of rotatable bonds is 4. The first-order valence-electron chi connectivity index (χ1n) is 6.53. The molecule has 1 aliphatic heterocycles. The minimum absolute atomic E-state index is 0. The zero-order chi connectivity index (χ0) is 16.4. The molecular formula is C14H11N4NaO5. The van der Waals surface area contributed by atoms with Crippen LogP contribution in [-0.4, -0.2) is 64.2 Å². The summed E-state index contributed by atoms with van der Waals surface area (Å²) in [5.41, 5.74) is 0.663. The van der Waals surface area contributed by atoms with Crippen LogP contribution in [0.2, 0.25) is 0 Å². The van der Waals surface area contributed by atoms with Crippen molar-refractivity contribution >= 4 is 53.4 Å². The summed E-state index contributed by atoms with van der Waals surface area (Å²) in [6.07, 6.45) is 1.31. The molecule has 1 N–H and O–H groups in total. The molecule has 118 valence electrons. The maximum atomic E-state index is 11.3. The normalized spacial score (nSPS) is 13.9. The number of carbonyl (C=O) groups is 2. The molecule has 3 rings (SSSR count). The van der Waals surface area contributed by atoms with E-state index in [1.54, 1.807) is 24.3 Å².